The number of nitrogens with one attached hydrogen (secondary N) is 2. The zero-order valence-electron chi connectivity index (χ0n) is 16.6. The minimum Gasteiger partial charge on any atom is -0.365 e. The lowest BCUT2D eigenvalue weighted by molar-refractivity contribution is 0.445. The van der Waals surface area contributed by atoms with E-state index in [0.29, 0.717) is 38.6 Å². The van der Waals surface area contributed by atoms with Gasteiger partial charge in [-0.05, 0) is 18.6 Å². The van der Waals surface area contributed by atoms with E-state index in [1.54, 1.807) is 25.8 Å². The quantitative estimate of drug-likeness (QED) is 0.494. The van der Waals surface area contributed by atoms with Crippen molar-refractivity contribution in [3.63, 3.8) is 0 Å². The first-order valence-corrected chi connectivity index (χ1v) is 11.1. The van der Waals surface area contributed by atoms with E-state index in [1.807, 2.05) is 0 Å². The summed E-state index contributed by atoms with van der Waals surface area (Å²) in [5, 5.41) is 6.19. The van der Waals surface area contributed by atoms with E-state index < -0.39 is 21.7 Å². The van der Waals surface area contributed by atoms with E-state index >= 15 is 0 Å². The first kappa shape index (κ1) is 22.4. The lowest BCUT2D eigenvalue weighted by atomic mass is 10.2. The summed E-state index contributed by atoms with van der Waals surface area (Å²) in [5.41, 5.74) is -0.0138. The fourth-order valence-electron chi connectivity index (χ4n) is 3.30. The van der Waals surface area contributed by atoms with Gasteiger partial charge in [-0.15, -0.1) is 0 Å². The number of guanidine groups is 1. The van der Waals surface area contributed by atoms with E-state index in [2.05, 4.69) is 15.6 Å². The minimum absolute atomic E-state index is 0.0138. The van der Waals surface area contributed by atoms with E-state index in [1.165, 1.54) is 22.5 Å². The van der Waals surface area contributed by atoms with E-state index in [4.69, 9.17) is 0 Å². The zero-order chi connectivity index (χ0) is 20.7. The maximum absolute atomic E-state index is 14.0. The molecule has 7 nitrogen and oxygen atoms in total. The van der Waals surface area contributed by atoms with Crippen molar-refractivity contribution >= 4 is 21.7 Å². The maximum atomic E-state index is 14.0. The molecule has 0 aliphatic carbocycles. The molecule has 1 aromatic carbocycles. The number of hydrogen-bond donors (Lipinski definition) is 2. The SMILES string of the molecule is CCN(CC)S(=O)(=O)CCNC(=NC)NC1CCN(c2c(F)cccc2F)C1. The summed E-state index contributed by atoms with van der Waals surface area (Å²) in [5.74, 6) is -0.725. The molecule has 1 atom stereocenters. The highest BCUT2D eigenvalue weighted by Gasteiger charge is 2.27. The van der Waals surface area contributed by atoms with Gasteiger partial charge < -0.3 is 15.5 Å². The molecule has 158 valence electrons. The molecule has 1 aromatic rings. The number of aliphatic imine (C=N–C) groups is 1. The zero-order valence-corrected chi connectivity index (χ0v) is 17.4. The van der Waals surface area contributed by atoms with Crippen LogP contribution in [0.4, 0.5) is 14.5 Å². The van der Waals surface area contributed by atoms with Crippen LogP contribution in [-0.4, -0.2) is 70.2 Å². The number of sulfonamides is 1. The van der Waals surface area contributed by atoms with Gasteiger partial charge in [-0.2, -0.15) is 0 Å². The summed E-state index contributed by atoms with van der Waals surface area (Å²) < 4.78 is 53.8. The summed E-state index contributed by atoms with van der Waals surface area (Å²) in [4.78, 5) is 5.78. The summed E-state index contributed by atoms with van der Waals surface area (Å²) in [6.45, 7) is 5.65. The smallest absolute Gasteiger partial charge is 0.215 e. The number of benzene rings is 1. The van der Waals surface area contributed by atoms with Crippen LogP contribution in [0, 0.1) is 11.6 Å². The van der Waals surface area contributed by atoms with Gasteiger partial charge in [0.25, 0.3) is 0 Å². The van der Waals surface area contributed by atoms with Gasteiger partial charge in [0.1, 0.15) is 17.3 Å². The summed E-state index contributed by atoms with van der Waals surface area (Å²) in [7, 11) is -1.72. The standard InChI is InChI=1S/C18H29F2N5O2S/c1-4-25(5-2)28(26,27)12-10-22-18(21-3)23-14-9-11-24(13-14)17-15(19)7-6-8-16(17)20/h6-8,14H,4-5,9-13H2,1-3H3,(H2,21,22,23). The highest BCUT2D eigenvalue weighted by Crippen LogP contribution is 2.26. The largest absolute Gasteiger partial charge is 0.365 e. The second kappa shape index (κ2) is 10.0. The molecule has 2 N–H and O–H groups in total. The number of anilines is 1. The van der Waals surface area contributed by atoms with Crippen LogP contribution in [0.5, 0.6) is 0 Å². The van der Waals surface area contributed by atoms with Crippen molar-refractivity contribution < 1.29 is 17.2 Å². The maximum Gasteiger partial charge on any atom is 0.215 e. The molecule has 1 aliphatic heterocycles. The monoisotopic (exact) mass is 417 g/mol. The molecular formula is C18H29F2N5O2S. The average molecular weight is 418 g/mol. The first-order chi connectivity index (χ1) is 13.3. The molecule has 1 fully saturated rings. The van der Waals surface area contributed by atoms with E-state index in [0.717, 1.165) is 0 Å². The van der Waals surface area contributed by atoms with Gasteiger partial charge in [-0.3, -0.25) is 4.99 Å². The Balaban J connectivity index is 1.87. The molecule has 1 unspecified atom stereocenters. The van der Waals surface area contributed by atoms with Crippen LogP contribution in [-0.2, 0) is 10.0 Å². The lowest BCUT2D eigenvalue weighted by Crippen LogP contribution is -2.46. The molecule has 2 rings (SSSR count). The van der Waals surface area contributed by atoms with Crippen LogP contribution in [0.1, 0.15) is 20.3 Å². The Bertz CT molecular complexity index is 764. The topological polar surface area (TPSA) is 77.0 Å². The summed E-state index contributed by atoms with van der Waals surface area (Å²) in [6.07, 6.45) is 0.687. The van der Waals surface area contributed by atoms with Crippen molar-refractivity contribution in [3.05, 3.63) is 29.8 Å². The normalized spacial score (nSPS) is 18.0. The van der Waals surface area contributed by atoms with Crippen LogP contribution >= 0.6 is 0 Å². The second-order valence-corrected chi connectivity index (χ2v) is 8.63. The molecule has 10 heteroatoms. The number of hydrogen-bond acceptors (Lipinski definition) is 4. The fraction of sp³-hybridized carbons (Fsp3) is 0.611. The van der Waals surface area contributed by atoms with Gasteiger partial charge in [0.2, 0.25) is 10.0 Å². The van der Waals surface area contributed by atoms with Crippen molar-refractivity contribution in [1.29, 1.82) is 0 Å². The van der Waals surface area contributed by atoms with Crippen molar-refractivity contribution in [2.75, 3.05) is 50.4 Å². The molecule has 0 radical (unpaired) electrons. The van der Waals surface area contributed by atoms with Crippen LogP contribution < -0.4 is 15.5 Å². The van der Waals surface area contributed by atoms with Crippen molar-refractivity contribution in [2.45, 2.75) is 26.3 Å². The van der Waals surface area contributed by atoms with Crippen molar-refractivity contribution in [3.8, 4) is 0 Å². The van der Waals surface area contributed by atoms with Crippen LogP contribution in [0.25, 0.3) is 0 Å². The predicted octanol–water partition coefficient (Wildman–Crippen LogP) is 1.38. The molecule has 1 saturated heterocycles. The van der Waals surface area contributed by atoms with Gasteiger partial charge in [-0.25, -0.2) is 21.5 Å². The Hall–Kier alpha value is -1.94. The molecule has 1 aliphatic rings. The van der Waals surface area contributed by atoms with Gasteiger partial charge >= 0.3 is 0 Å². The third-order valence-corrected chi connectivity index (χ3v) is 6.78. The molecule has 1 heterocycles. The molecule has 0 aromatic heterocycles. The minimum atomic E-state index is -3.31. The predicted molar refractivity (Wildman–Crippen MR) is 108 cm³/mol. The Morgan fingerprint density at radius 1 is 1.29 bits per heavy atom. The van der Waals surface area contributed by atoms with Crippen LogP contribution in [0.15, 0.2) is 23.2 Å². The number of nitrogens with zero attached hydrogens (tertiary/aromatic N) is 3. The van der Waals surface area contributed by atoms with Gasteiger partial charge in [0.15, 0.2) is 5.96 Å². The summed E-state index contributed by atoms with van der Waals surface area (Å²) in [6, 6.07) is 3.79. The highest BCUT2D eigenvalue weighted by molar-refractivity contribution is 7.89. The Labute approximate surface area is 165 Å². The fourth-order valence-corrected chi connectivity index (χ4v) is 4.71. The summed E-state index contributed by atoms with van der Waals surface area (Å²) >= 11 is 0. The van der Waals surface area contributed by atoms with Crippen molar-refractivity contribution in [2.24, 2.45) is 4.99 Å². The molecule has 0 bridgehead atoms. The van der Waals surface area contributed by atoms with E-state index in [-0.39, 0.29) is 24.0 Å². The third-order valence-electron chi connectivity index (χ3n) is 4.76. The van der Waals surface area contributed by atoms with Gasteiger partial charge in [-0.1, -0.05) is 19.9 Å². The van der Waals surface area contributed by atoms with Gasteiger partial charge in [0, 0.05) is 45.8 Å². The second-order valence-electron chi connectivity index (χ2n) is 6.55. The van der Waals surface area contributed by atoms with Crippen molar-refractivity contribution in [1.82, 2.24) is 14.9 Å². The Kier molecular flexibility index (Phi) is 7.99. The average Bonchev–Trinajstić information content (AvgIpc) is 3.09. The number of rotatable bonds is 8. The number of halogens is 2. The van der Waals surface area contributed by atoms with Crippen LogP contribution in [0.2, 0.25) is 0 Å². The molecule has 28 heavy (non-hydrogen) atoms. The molecule has 0 saturated carbocycles. The third kappa shape index (κ3) is 5.54. The van der Waals surface area contributed by atoms with E-state index in [9.17, 15) is 17.2 Å². The highest BCUT2D eigenvalue weighted by atomic mass is 32.2. The number of para-hydroxylation sites is 1. The molecular weight excluding hydrogens is 388 g/mol. The Morgan fingerprint density at radius 2 is 1.93 bits per heavy atom. The molecule has 0 amide bonds. The van der Waals surface area contributed by atoms with Crippen LogP contribution in [0.3, 0.4) is 0 Å². The molecule has 0 spiro atoms. The first-order valence-electron chi connectivity index (χ1n) is 9.46. The Morgan fingerprint density at radius 3 is 2.50 bits per heavy atom. The lowest BCUT2D eigenvalue weighted by Gasteiger charge is -2.22. The van der Waals surface area contributed by atoms with Gasteiger partial charge in [0.05, 0.1) is 5.75 Å².